The Morgan fingerprint density at radius 3 is 2.89 bits per heavy atom. The van der Waals surface area contributed by atoms with Crippen molar-refractivity contribution in [3.8, 4) is 0 Å². The van der Waals surface area contributed by atoms with E-state index in [9.17, 15) is 0 Å². The predicted molar refractivity (Wildman–Crippen MR) is 72.6 cm³/mol. The average molecular weight is 245 g/mol. The zero-order valence-corrected chi connectivity index (χ0v) is 11.0. The zero-order valence-electron chi connectivity index (χ0n) is 12.0. The molecular formula is C15H20N2O. The van der Waals surface area contributed by atoms with Crippen LogP contribution in [-0.2, 0) is 17.7 Å². The lowest BCUT2D eigenvalue weighted by atomic mass is 10.0. The Morgan fingerprint density at radius 1 is 1.39 bits per heavy atom. The van der Waals surface area contributed by atoms with Gasteiger partial charge in [-0.05, 0) is 23.5 Å². The fourth-order valence-corrected chi connectivity index (χ4v) is 2.39. The van der Waals surface area contributed by atoms with E-state index >= 15 is 0 Å². The van der Waals surface area contributed by atoms with Crippen molar-refractivity contribution in [3.63, 3.8) is 0 Å². The molecule has 2 atom stereocenters. The molecule has 0 saturated heterocycles. The number of fused-ring (bicyclic) bond motifs is 1. The molecule has 2 aliphatic rings. The average Bonchev–Trinajstić information content (AvgIpc) is 2.89. The quantitative estimate of drug-likeness (QED) is 0.759. The minimum Gasteiger partial charge on any atom is -0.463 e. The molecule has 0 aromatic heterocycles. The van der Waals surface area contributed by atoms with Gasteiger partial charge in [0.1, 0.15) is 6.61 Å². The van der Waals surface area contributed by atoms with E-state index < -0.39 is 6.52 Å². The SMILES string of the molecule is [2H][C@H]1c2ccccc2CCN1C1=N[C@@H](C(C)C)CO1. The van der Waals surface area contributed by atoms with E-state index in [0.717, 1.165) is 18.5 Å². The first-order chi connectivity index (χ1) is 9.16. The van der Waals surface area contributed by atoms with Crippen molar-refractivity contribution in [1.29, 1.82) is 0 Å². The molecule has 2 aliphatic heterocycles. The van der Waals surface area contributed by atoms with E-state index in [0.29, 0.717) is 18.5 Å². The summed E-state index contributed by atoms with van der Waals surface area (Å²) in [7, 11) is 0. The first-order valence-corrected chi connectivity index (χ1v) is 6.64. The van der Waals surface area contributed by atoms with Gasteiger partial charge >= 0.3 is 0 Å². The summed E-state index contributed by atoms with van der Waals surface area (Å²) in [5.41, 5.74) is 2.35. The third-order valence-corrected chi connectivity index (χ3v) is 3.65. The Kier molecular flexibility index (Phi) is 2.68. The summed E-state index contributed by atoms with van der Waals surface area (Å²) in [6.07, 6.45) is 0.959. The maximum atomic E-state index is 8.41. The Hall–Kier alpha value is -1.51. The van der Waals surface area contributed by atoms with Crippen LogP contribution in [0.15, 0.2) is 29.3 Å². The molecule has 3 heteroatoms. The maximum absolute atomic E-state index is 8.41. The van der Waals surface area contributed by atoms with Gasteiger partial charge in [-0.1, -0.05) is 38.1 Å². The van der Waals surface area contributed by atoms with Gasteiger partial charge in [0.25, 0.3) is 6.02 Å². The van der Waals surface area contributed by atoms with E-state index in [4.69, 9.17) is 6.11 Å². The summed E-state index contributed by atoms with van der Waals surface area (Å²) in [6.45, 7) is 5.38. The van der Waals surface area contributed by atoms with Crippen molar-refractivity contribution in [3.05, 3.63) is 35.4 Å². The van der Waals surface area contributed by atoms with Gasteiger partial charge in [-0.25, -0.2) is 4.99 Å². The lowest BCUT2D eigenvalue weighted by Gasteiger charge is -2.29. The molecule has 0 aliphatic carbocycles. The summed E-state index contributed by atoms with van der Waals surface area (Å²) in [5, 5.41) is 0. The Balaban J connectivity index is 1.83. The molecule has 0 spiro atoms. The van der Waals surface area contributed by atoms with Gasteiger partial charge in [-0.15, -0.1) is 0 Å². The fourth-order valence-electron chi connectivity index (χ4n) is 2.39. The molecule has 1 aromatic rings. The molecule has 1 aromatic carbocycles. The molecule has 0 amide bonds. The molecule has 2 heterocycles. The number of benzene rings is 1. The topological polar surface area (TPSA) is 24.8 Å². The first-order valence-electron chi connectivity index (χ1n) is 7.22. The van der Waals surface area contributed by atoms with Crippen LogP contribution in [0, 0.1) is 5.92 Å². The highest BCUT2D eigenvalue weighted by molar-refractivity contribution is 5.76. The normalized spacial score (nSPS) is 27.6. The predicted octanol–water partition coefficient (Wildman–Crippen LogP) is 2.46. The molecule has 18 heavy (non-hydrogen) atoms. The number of hydrogen-bond donors (Lipinski definition) is 0. The lowest BCUT2D eigenvalue weighted by Crippen LogP contribution is -2.36. The molecule has 3 nitrogen and oxygen atoms in total. The Bertz CT molecular complexity index is 501. The van der Waals surface area contributed by atoms with E-state index in [1.807, 2.05) is 23.1 Å². The summed E-state index contributed by atoms with van der Waals surface area (Å²) >= 11 is 0. The number of rotatable bonds is 1. The van der Waals surface area contributed by atoms with Gasteiger partial charge in [0, 0.05) is 13.1 Å². The standard InChI is InChI=1S/C15H20N2O/c1-11(2)14-10-18-15(16-14)17-8-7-12-5-3-4-6-13(12)9-17/h3-6,11,14H,7-10H2,1-2H3/t14-/m1/s1/i9D/t9-,14+/m0. The highest BCUT2D eigenvalue weighted by Gasteiger charge is 2.27. The largest absolute Gasteiger partial charge is 0.463 e. The maximum Gasteiger partial charge on any atom is 0.288 e. The van der Waals surface area contributed by atoms with Crippen molar-refractivity contribution in [2.24, 2.45) is 10.9 Å². The van der Waals surface area contributed by atoms with E-state index in [1.54, 1.807) is 0 Å². The zero-order chi connectivity index (χ0) is 13.4. The van der Waals surface area contributed by atoms with Crippen LogP contribution in [0.4, 0.5) is 0 Å². The molecule has 0 fully saturated rings. The summed E-state index contributed by atoms with van der Waals surface area (Å²) in [4.78, 5) is 6.61. The van der Waals surface area contributed by atoms with Crippen LogP contribution >= 0.6 is 0 Å². The van der Waals surface area contributed by atoms with Crippen LogP contribution in [0.3, 0.4) is 0 Å². The van der Waals surface area contributed by atoms with Gasteiger partial charge < -0.3 is 9.64 Å². The number of amidine groups is 1. The molecule has 3 rings (SSSR count). The fraction of sp³-hybridized carbons (Fsp3) is 0.533. The molecule has 0 N–H and O–H groups in total. The van der Waals surface area contributed by atoms with Crippen molar-refractivity contribution >= 4 is 6.02 Å². The van der Waals surface area contributed by atoms with Gasteiger partial charge in [-0.3, -0.25) is 0 Å². The van der Waals surface area contributed by atoms with Crippen molar-refractivity contribution < 1.29 is 6.11 Å². The number of aliphatic imine (C=N–C) groups is 1. The Morgan fingerprint density at radius 2 is 2.17 bits per heavy atom. The van der Waals surface area contributed by atoms with Crippen molar-refractivity contribution in [2.75, 3.05) is 13.2 Å². The first kappa shape index (κ1) is 10.4. The summed E-state index contributed by atoms with van der Waals surface area (Å²) < 4.78 is 14.1. The number of hydrogen-bond acceptors (Lipinski definition) is 3. The monoisotopic (exact) mass is 245 g/mol. The molecular weight excluding hydrogens is 224 g/mol. The van der Waals surface area contributed by atoms with Crippen LogP contribution < -0.4 is 0 Å². The van der Waals surface area contributed by atoms with Crippen molar-refractivity contribution in [1.82, 2.24) is 4.90 Å². The van der Waals surface area contributed by atoms with Crippen LogP contribution in [0.25, 0.3) is 0 Å². The van der Waals surface area contributed by atoms with E-state index in [1.165, 1.54) is 5.56 Å². The van der Waals surface area contributed by atoms with Crippen molar-refractivity contribution in [2.45, 2.75) is 32.8 Å². The smallest absolute Gasteiger partial charge is 0.288 e. The molecule has 96 valence electrons. The van der Waals surface area contributed by atoms with E-state index in [2.05, 4.69) is 24.9 Å². The summed E-state index contributed by atoms with van der Waals surface area (Å²) in [5.74, 6) is 0.485. The molecule has 0 saturated carbocycles. The van der Waals surface area contributed by atoms with Gasteiger partial charge in [0.2, 0.25) is 0 Å². The van der Waals surface area contributed by atoms with Crippen LogP contribution in [0.5, 0.6) is 0 Å². The van der Waals surface area contributed by atoms with Gasteiger partial charge in [0.05, 0.1) is 7.41 Å². The number of nitrogens with zero attached hydrogens (tertiary/aromatic N) is 2. The van der Waals surface area contributed by atoms with E-state index in [-0.39, 0.29) is 6.04 Å². The Labute approximate surface area is 110 Å². The third kappa shape index (κ3) is 2.09. The van der Waals surface area contributed by atoms with Gasteiger partial charge in [-0.2, -0.15) is 0 Å². The molecule has 0 radical (unpaired) electrons. The third-order valence-electron chi connectivity index (χ3n) is 3.65. The van der Waals surface area contributed by atoms with Gasteiger partial charge in [0.15, 0.2) is 0 Å². The minimum atomic E-state index is -0.394. The number of ether oxygens (including phenoxy) is 1. The second kappa shape index (κ2) is 4.63. The lowest BCUT2D eigenvalue weighted by molar-refractivity contribution is 0.233. The highest BCUT2D eigenvalue weighted by atomic mass is 16.5. The summed E-state index contributed by atoms with van der Waals surface area (Å²) in [6, 6.07) is 9.09. The molecule has 0 bridgehead atoms. The second-order valence-corrected chi connectivity index (χ2v) is 5.31. The van der Waals surface area contributed by atoms with Crippen LogP contribution in [-0.4, -0.2) is 30.1 Å². The second-order valence-electron chi connectivity index (χ2n) is 5.31. The van der Waals surface area contributed by atoms with Crippen LogP contribution in [0.2, 0.25) is 0 Å². The minimum absolute atomic E-state index is 0.236. The highest BCUT2D eigenvalue weighted by Crippen LogP contribution is 2.22. The molecule has 0 unspecified atom stereocenters. The van der Waals surface area contributed by atoms with Crippen LogP contribution in [0.1, 0.15) is 26.3 Å².